The molecule has 0 saturated carbocycles. The maximum absolute atomic E-state index is 10.8. The van der Waals surface area contributed by atoms with Crippen molar-refractivity contribution in [2.24, 2.45) is 0 Å². The Morgan fingerprint density at radius 2 is 2.06 bits per heavy atom. The van der Waals surface area contributed by atoms with Crippen LogP contribution in [0, 0.1) is 3.70 Å². The highest BCUT2D eigenvalue weighted by molar-refractivity contribution is 14.1. The molecule has 0 aliphatic carbocycles. The maximum Gasteiger partial charge on any atom is 0.335 e. The van der Waals surface area contributed by atoms with E-state index in [0.29, 0.717) is 0 Å². The number of rotatable bonds is 2. The number of imidazole rings is 1. The molecule has 0 fully saturated rings. The molecule has 2 heterocycles. The van der Waals surface area contributed by atoms with Gasteiger partial charge in [0.1, 0.15) is 14.4 Å². The van der Waals surface area contributed by atoms with Crippen molar-refractivity contribution in [3.05, 3.63) is 45.1 Å². The summed E-state index contributed by atoms with van der Waals surface area (Å²) in [6.07, 6.45) is 1.97. The molecule has 0 bridgehead atoms. The third-order valence-corrected chi connectivity index (χ3v) is 4.60. The first kappa shape index (κ1) is 11.7. The van der Waals surface area contributed by atoms with Crippen LogP contribution in [-0.2, 0) is 0 Å². The van der Waals surface area contributed by atoms with Gasteiger partial charge in [0.25, 0.3) is 0 Å². The normalized spacial score (nSPS) is 10.9. The lowest BCUT2D eigenvalue weighted by atomic mass is 10.1. The smallest absolute Gasteiger partial charge is 0.335 e. The van der Waals surface area contributed by atoms with Crippen molar-refractivity contribution < 1.29 is 9.90 Å². The molecule has 0 atom stereocenters. The molecule has 2 aromatic heterocycles. The Morgan fingerprint density at radius 1 is 1.33 bits per heavy atom. The van der Waals surface area contributed by atoms with Gasteiger partial charge in [0, 0.05) is 17.1 Å². The van der Waals surface area contributed by atoms with Gasteiger partial charge >= 0.3 is 5.97 Å². The third kappa shape index (κ3) is 1.81. The molecule has 0 aliphatic rings. The van der Waals surface area contributed by atoms with Crippen LogP contribution in [0.25, 0.3) is 16.2 Å². The molecule has 18 heavy (non-hydrogen) atoms. The Balaban J connectivity index is 2.14. The number of carboxylic acid groups (broad SMARTS) is 1. The molecule has 3 aromatic rings. The van der Waals surface area contributed by atoms with Gasteiger partial charge < -0.3 is 5.11 Å². The second-order valence-electron chi connectivity index (χ2n) is 3.69. The molecule has 1 N–H and O–H groups in total. The van der Waals surface area contributed by atoms with E-state index in [1.807, 2.05) is 16.0 Å². The first-order chi connectivity index (χ1) is 8.66. The molecular weight excluding hydrogens is 363 g/mol. The zero-order chi connectivity index (χ0) is 12.7. The van der Waals surface area contributed by atoms with Crippen LogP contribution < -0.4 is 0 Å². The molecule has 4 nitrogen and oxygen atoms in total. The summed E-state index contributed by atoms with van der Waals surface area (Å²) in [5.41, 5.74) is 1.20. The van der Waals surface area contributed by atoms with E-state index in [9.17, 15) is 4.79 Å². The molecule has 3 rings (SSSR count). The predicted molar refractivity (Wildman–Crippen MR) is 78.2 cm³/mol. The minimum Gasteiger partial charge on any atom is -0.478 e. The van der Waals surface area contributed by atoms with Crippen molar-refractivity contribution in [3.63, 3.8) is 0 Å². The molecule has 0 amide bonds. The summed E-state index contributed by atoms with van der Waals surface area (Å²) in [6.45, 7) is 0. The van der Waals surface area contributed by atoms with Gasteiger partial charge in [0.15, 0.2) is 0 Å². The predicted octanol–water partition coefficient (Wildman–Crippen LogP) is 3.37. The van der Waals surface area contributed by atoms with Crippen LogP contribution in [0.2, 0.25) is 0 Å². The Morgan fingerprint density at radius 3 is 2.72 bits per heavy atom. The summed E-state index contributed by atoms with van der Waals surface area (Å²) in [5.74, 6) is -0.0764. The molecule has 0 saturated heterocycles. The number of nitrogens with zero attached hydrogens (tertiary/aromatic N) is 2. The zero-order valence-electron chi connectivity index (χ0n) is 9.00. The summed E-state index contributed by atoms with van der Waals surface area (Å²) in [7, 11) is 0. The summed E-state index contributed by atoms with van der Waals surface area (Å²) >= 11 is 3.84. The molecule has 0 spiro atoms. The lowest BCUT2D eigenvalue weighted by Gasteiger charge is -1.99. The summed E-state index contributed by atoms with van der Waals surface area (Å²) in [5, 5.41) is 10.9. The highest BCUT2D eigenvalue weighted by Gasteiger charge is 2.12. The topological polar surface area (TPSA) is 54.6 Å². The average molecular weight is 370 g/mol. The Kier molecular flexibility index (Phi) is 2.83. The van der Waals surface area contributed by atoms with Gasteiger partial charge in [0.05, 0.1) is 5.56 Å². The van der Waals surface area contributed by atoms with Crippen molar-refractivity contribution in [2.45, 2.75) is 0 Å². The molecule has 6 heteroatoms. The van der Waals surface area contributed by atoms with E-state index >= 15 is 0 Å². The van der Waals surface area contributed by atoms with Crippen LogP contribution in [0.4, 0.5) is 0 Å². The SMILES string of the molecule is O=C(O)c1ccc(-c2nc(I)c3sccn23)cc1. The average Bonchev–Trinajstić information content (AvgIpc) is 2.94. The van der Waals surface area contributed by atoms with Crippen LogP contribution in [0.5, 0.6) is 0 Å². The number of aromatic carboxylic acids is 1. The number of carbonyl (C=O) groups is 1. The van der Waals surface area contributed by atoms with Gasteiger partial charge in [-0.05, 0) is 34.7 Å². The Hall–Kier alpha value is -1.41. The van der Waals surface area contributed by atoms with E-state index in [-0.39, 0.29) is 5.56 Å². The second-order valence-corrected chi connectivity index (χ2v) is 5.60. The van der Waals surface area contributed by atoms with E-state index < -0.39 is 5.97 Å². The van der Waals surface area contributed by atoms with Crippen LogP contribution >= 0.6 is 33.9 Å². The van der Waals surface area contributed by atoms with Crippen LogP contribution in [0.15, 0.2) is 35.8 Å². The lowest BCUT2D eigenvalue weighted by molar-refractivity contribution is 0.0697. The summed E-state index contributed by atoms with van der Waals surface area (Å²) in [4.78, 5) is 16.4. The van der Waals surface area contributed by atoms with Gasteiger partial charge in [-0.25, -0.2) is 9.78 Å². The first-order valence-corrected chi connectivity index (χ1v) is 7.07. The minimum absolute atomic E-state index is 0.284. The highest BCUT2D eigenvalue weighted by atomic mass is 127. The molecule has 0 aliphatic heterocycles. The van der Waals surface area contributed by atoms with E-state index in [1.165, 1.54) is 0 Å². The fraction of sp³-hybridized carbons (Fsp3) is 0. The van der Waals surface area contributed by atoms with Crippen molar-refractivity contribution in [1.29, 1.82) is 0 Å². The standard InChI is InChI=1S/C12H7IN2O2S/c13-9-11-15(5-6-18-11)10(14-9)7-1-3-8(4-2-7)12(16)17/h1-6H,(H,16,17). The minimum atomic E-state index is -0.917. The molecule has 0 unspecified atom stereocenters. The molecule has 1 aromatic carbocycles. The number of carboxylic acids is 1. The van der Waals surface area contributed by atoms with E-state index in [1.54, 1.807) is 35.6 Å². The number of thiazole rings is 1. The monoisotopic (exact) mass is 370 g/mol. The Labute approximate surface area is 120 Å². The first-order valence-electron chi connectivity index (χ1n) is 5.11. The van der Waals surface area contributed by atoms with Gasteiger partial charge in [-0.1, -0.05) is 12.1 Å². The second kappa shape index (κ2) is 4.36. The highest BCUT2D eigenvalue weighted by Crippen LogP contribution is 2.27. The third-order valence-electron chi connectivity index (χ3n) is 2.61. The zero-order valence-corrected chi connectivity index (χ0v) is 12.0. The van der Waals surface area contributed by atoms with Gasteiger partial charge in [-0.15, -0.1) is 11.3 Å². The van der Waals surface area contributed by atoms with E-state index in [0.717, 1.165) is 19.9 Å². The van der Waals surface area contributed by atoms with Gasteiger partial charge in [0.2, 0.25) is 0 Å². The number of aromatic nitrogens is 2. The number of hydrogen-bond acceptors (Lipinski definition) is 3. The number of halogens is 1. The molecule has 0 radical (unpaired) electrons. The summed E-state index contributed by atoms with van der Waals surface area (Å²) in [6, 6.07) is 6.76. The van der Waals surface area contributed by atoms with Gasteiger partial charge in [-0.3, -0.25) is 4.40 Å². The van der Waals surface area contributed by atoms with Crippen LogP contribution in [0.1, 0.15) is 10.4 Å². The lowest BCUT2D eigenvalue weighted by Crippen LogP contribution is -1.95. The Bertz CT molecular complexity index is 730. The summed E-state index contributed by atoms with van der Waals surface area (Å²) < 4.78 is 2.97. The quantitative estimate of drug-likeness (QED) is 0.704. The van der Waals surface area contributed by atoms with E-state index in [4.69, 9.17) is 5.11 Å². The largest absolute Gasteiger partial charge is 0.478 e. The van der Waals surface area contributed by atoms with Crippen LogP contribution in [0.3, 0.4) is 0 Å². The maximum atomic E-state index is 10.8. The number of fused-ring (bicyclic) bond motifs is 1. The fourth-order valence-electron chi connectivity index (χ4n) is 1.76. The fourth-order valence-corrected chi connectivity index (χ4v) is 3.34. The molecule has 90 valence electrons. The van der Waals surface area contributed by atoms with Crippen molar-refractivity contribution in [2.75, 3.05) is 0 Å². The number of benzene rings is 1. The van der Waals surface area contributed by atoms with Gasteiger partial charge in [-0.2, -0.15) is 0 Å². The van der Waals surface area contributed by atoms with Crippen molar-refractivity contribution in [1.82, 2.24) is 9.38 Å². The number of hydrogen-bond donors (Lipinski definition) is 1. The molecular formula is C12H7IN2O2S. The van der Waals surface area contributed by atoms with Crippen LogP contribution in [-0.4, -0.2) is 20.5 Å². The van der Waals surface area contributed by atoms with Crippen molar-refractivity contribution in [3.8, 4) is 11.4 Å². The van der Waals surface area contributed by atoms with Crippen molar-refractivity contribution >= 4 is 44.7 Å². The van der Waals surface area contributed by atoms with E-state index in [2.05, 4.69) is 27.6 Å².